The van der Waals surface area contributed by atoms with Crippen molar-refractivity contribution in [3.63, 3.8) is 0 Å². The van der Waals surface area contributed by atoms with Crippen molar-refractivity contribution in [3.8, 4) is 0 Å². The summed E-state index contributed by atoms with van der Waals surface area (Å²) in [5.41, 5.74) is 2.16. The summed E-state index contributed by atoms with van der Waals surface area (Å²) in [6.07, 6.45) is 2.00. The van der Waals surface area contributed by atoms with Crippen LogP contribution in [0.2, 0.25) is 0 Å². The van der Waals surface area contributed by atoms with Crippen molar-refractivity contribution in [1.82, 2.24) is 5.32 Å². The van der Waals surface area contributed by atoms with Gasteiger partial charge in [-0.05, 0) is 53.8 Å². The van der Waals surface area contributed by atoms with Crippen LogP contribution in [-0.2, 0) is 22.2 Å². The Labute approximate surface area is 208 Å². The molecular weight excluding hydrogens is 471 g/mol. The van der Waals surface area contributed by atoms with Crippen LogP contribution in [-0.4, -0.2) is 42.7 Å². The van der Waals surface area contributed by atoms with Crippen LogP contribution in [0.25, 0.3) is 6.08 Å². The van der Waals surface area contributed by atoms with Gasteiger partial charge < -0.3 is 20.6 Å². The SMILES string of the molecule is CC(C)[C@H]1C(=O)NC(CO)Cc2cc(NC(=O)/C=C/C=C/c3ccc(C(F)(F)F)cc3)ccc2N1C. The number of likely N-dealkylation sites (N-methyl/N-ethyl adjacent to an activating group) is 1. The number of carbonyl (C=O) groups is 2. The second-order valence-electron chi connectivity index (χ2n) is 9.06. The quantitative estimate of drug-likeness (QED) is 0.405. The average molecular weight is 502 g/mol. The molecule has 0 saturated heterocycles. The van der Waals surface area contributed by atoms with Crippen LogP contribution >= 0.6 is 0 Å². The van der Waals surface area contributed by atoms with Gasteiger partial charge in [0.15, 0.2) is 0 Å². The summed E-state index contributed by atoms with van der Waals surface area (Å²) in [5, 5.41) is 15.4. The number of halogens is 3. The molecule has 0 bridgehead atoms. The molecule has 1 heterocycles. The number of alkyl halides is 3. The zero-order valence-corrected chi connectivity index (χ0v) is 20.3. The lowest BCUT2D eigenvalue weighted by Gasteiger charge is -2.37. The molecule has 0 fully saturated rings. The molecule has 36 heavy (non-hydrogen) atoms. The number of amides is 2. The van der Waals surface area contributed by atoms with Crippen molar-refractivity contribution in [2.45, 2.75) is 38.5 Å². The Bertz CT molecular complexity index is 1140. The van der Waals surface area contributed by atoms with E-state index in [0.717, 1.165) is 23.4 Å². The van der Waals surface area contributed by atoms with Crippen LogP contribution in [0.15, 0.2) is 60.7 Å². The lowest BCUT2D eigenvalue weighted by molar-refractivity contribution is -0.137. The smallest absolute Gasteiger partial charge is 0.394 e. The zero-order chi connectivity index (χ0) is 26.5. The summed E-state index contributed by atoms with van der Waals surface area (Å²) < 4.78 is 37.9. The molecule has 0 radical (unpaired) electrons. The number of allylic oxidation sites excluding steroid dienone is 2. The summed E-state index contributed by atoms with van der Waals surface area (Å²) in [4.78, 5) is 27.0. The third-order valence-corrected chi connectivity index (χ3v) is 5.96. The van der Waals surface area contributed by atoms with Gasteiger partial charge in [-0.25, -0.2) is 0 Å². The van der Waals surface area contributed by atoms with Crippen molar-refractivity contribution < 1.29 is 27.9 Å². The molecule has 0 aliphatic carbocycles. The topological polar surface area (TPSA) is 81.7 Å². The molecule has 2 amide bonds. The van der Waals surface area contributed by atoms with Gasteiger partial charge in [-0.15, -0.1) is 0 Å². The molecule has 3 rings (SSSR count). The van der Waals surface area contributed by atoms with Gasteiger partial charge in [0.1, 0.15) is 6.04 Å². The number of hydrogen-bond donors (Lipinski definition) is 3. The van der Waals surface area contributed by atoms with E-state index in [2.05, 4.69) is 10.6 Å². The number of aliphatic hydroxyl groups is 1. The van der Waals surface area contributed by atoms with E-state index in [-0.39, 0.29) is 24.3 Å². The molecule has 3 N–H and O–H groups in total. The van der Waals surface area contributed by atoms with E-state index in [1.54, 1.807) is 18.2 Å². The summed E-state index contributed by atoms with van der Waals surface area (Å²) in [6.45, 7) is 3.72. The monoisotopic (exact) mass is 501 g/mol. The van der Waals surface area contributed by atoms with Gasteiger partial charge in [0.25, 0.3) is 0 Å². The Kier molecular flexibility index (Phi) is 8.57. The van der Waals surface area contributed by atoms with Crippen molar-refractivity contribution >= 4 is 29.3 Å². The van der Waals surface area contributed by atoms with Crippen LogP contribution < -0.4 is 15.5 Å². The van der Waals surface area contributed by atoms with E-state index >= 15 is 0 Å². The fourth-order valence-electron chi connectivity index (χ4n) is 4.24. The van der Waals surface area contributed by atoms with Crippen LogP contribution in [0.4, 0.5) is 24.5 Å². The first-order valence-electron chi connectivity index (χ1n) is 11.6. The van der Waals surface area contributed by atoms with E-state index < -0.39 is 23.8 Å². The van der Waals surface area contributed by atoms with Crippen molar-refractivity contribution in [3.05, 3.63) is 77.4 Å². The third kappa shape index (κ3) is 6.75. The van der Waals surface area contributed by atoms with Gasteiger partial charge in [0, 0.05) is 24.5 Å². The Hall–Kier alpha value is -3.59. The Morgan fingerprint density at radius 2 is 1.89 bits per heavy atom. The molecule has 1 unspecified atom stereocenters. The van der Waals surface area contributed by atoms with Gasteiger partial charge >= 0.3 is 6.18 Å². The second kappa shape index (κ2) is 11.4. The number of nitrogens with one attached hydrogen (secondary N) is 2. The molecule has 0 saturated carbocycles. The van der Waals surface area contributed by atoms with E-state index in [0.29, 0.717) is 17.7 Å². The normalized spacial score (nSPS) is 18.8. The maximum absolute atomic E-state index is 12.7. The van der Waals surface area contributed by atoms with Crippen LogP contribution in [0, 0.1) is 5.92 Å². The molecule has 1 aliphatic heterocycles. The van der Waals surface area contributed by atoms with Gasteiger partial charge in [0.05, 0.1) is 18.2 Å². The maximum Gasteiger partial charge on any atom is 0.416 e. The van der Waals surface area contributed by atoms with Gasteiger partial charge in [-0.2, -0.15) is 13.2 Å². The van der Waals surface area contributed by atoms with Gasteiger partial charge in [-0.3, -0.25) is 9.59 Å². The molecular formula is C27H30F3N3O3. The van der Waals surface area contributed by atoms with Crippen molar-refractivity contribution in [1.29, 1.82) is 0 Å². The Balaban J connectivity index is 1.70. The highest BCUT2D eigenvalue weighted by molar-refractivity contribution is 5.99. The summed E-state index contributed by atoms with van der Waals surface area (Å²) in [7, 11) is 1.85. The van der Waals surface area contributed by atoms with Crippen molar-refractivity contribution in [2.75, 3.05) is 23.9 Å². The highest BCUT2D eigenvalue weighted by Crippen LogP contribution is 2.30. The minimum atomic E-state index is -4.38. The Morgan fingerprint density at radius 3 is 2.50 bits per heavy atom. The fraction of sp³-hybridized carbons (Fsp3) is 0.333. The minimum absolute atomic E-state index is 0.0421. The number of hydrogen-bond acceptors (Lipinski definition) is 4. The maximum atomic E-state index is 12.7. The van der Waals surface area contributed by atoms with E-state index in [4.69, 9.17) is 0 Å². The highest BCUT2D eigenvalue weighted by atomic mass is 19.4. The average Bonchev–Trinajstić information content (AvgIpc) is 2.80. The van der Waals surface area contributed by atoms with Crippen LogP contribution in [0.5, 0.6) is 0 Å². The lowest BCUT2D eigenvalue weighted by atomic mass is 9.95. The molecule has 1 aliphatic rings. The first-order chi connectivity index (χ1) is 17.0. The molecule has 192 valence electrons. The zero-order valence-electron chi connectivity index (χ0n) is 20.3. The summed E-state index contributed by atoms with van der Waals surface area (Å²) >= 11 is 0. The van der Waals surface area contributed by atoms with E-state index in [1.165, 1.54) is 24.3 Å². The molecule has 2 aromatic rings. The first-order valence-corrected chi connectivity index (χ1v) is 11.6. The van der Waals surface area contributed by atoms with Crippen LogP contribution in [0.1, 0.15) is 30.5 Å². The van der Waals surface area contributed by atoms with E-state index in [1.807, 2.05) is 37.9 Å². The molecule has 0 aromatic heterocycles. The van der Waals surface area contributed by atoms with Crippen molar-refractivity contribution in [2.24, 2.45) is 5.92 Å². The third-order valence-electron chi connectivity index (χ3n) is 5.96. The largest absolute Gasteiger partial charge is 0.416 e. The standard InChI is InChI=1S/C27H30F3N3O3/c1-17(2)25-26(36)32-22(16-34)15-19-14-21(12-13-23(19)33(25)3)31-24(35)7-5-4-6-18-8-10-20(11-9-18)27(28,29)30/h4-14,17,22,25,34H,15-16H2,1-3H3,(H,31,35)(H,32,36)/b6-4+,7-5+/t22?,25-/m0/s1. The number of carbonyl (C=O) groups excluding carboxylic acids is 2. The van der Waals surface area contributed by atoms with Gasteiger partial charge in [-0.1, -0.05) is 44.2 Å². The van der Waals surface area contributed by atoms with Gasteiger partial charge in [0.2, 0.25) is 11.8 Å². The van der Waals surface area contributed by atoms with Crippen LogP contribution in [0.3, 0.4) is 0 Å². The number of nitrogens with zero attached hydrogens (tertiary/aromatic N) is 1. The minimum Gasteiger partial charge on any atom is -0.394 e. The Morgan fingerprint density at radius 1 is 1.19 bits per heavy atom. The highest BCUT2D eigenvalue weighted by Gasteiger charge is 2.32. The predicted molar refractivity (Wildman–Crippen MR) is 134 cm³/mol. The first kappa shape index (κ1) is 27.0. The number of benzene rings is 2. The van der Waals surface area contributed by atoms with E-state index in [9.17, 15) is 27.9 Å². The summed E-state index contributed by atoms with van der Waals surface area (Å²) in [6, 6.07) is 9.31. The molecule has 9 heteroatoms. The molecule has 2 aromatic carbocycles. The molecule has 0 spiro atoms. The molecule has 2 atom stereocenters. The number of fused-ring (bicyclic) bond motifs is 1. The summed E-state index contributed by atoms with van der Waals surface area (Å²) in [5.74, 6) is -0.470. The number of rotatable bonds is 6. The second-order valence-corrected chi connectivity index (χ2v) is 9.06. The number of aliphatic hydroxyl groups excluding tert-OH is 1. The number of anilines is 2. The fourth-order valence-corrected chi connectivity index (χ4v) is 4.24. The predicted octanol–water partition coefficient (Wildman–Crippen LogP) is 4.41. The lowest BCUT2D eigenvalue weighted by Crippen LogP contribution is -2.54. The molecule has 6 nitrogen and oxygen atoms in total.